The smallest absolute Gasteiger partial charge is 0.157 e. The molecule has 0 radical (unpaired) electrons. The van der Waals surface area contributed by atoms with Gasteiger partial charge in [-0.2, -0.15) is 0 Å². The van der Waals surface area contributed by atoms with E-state index in [1.807, 2.05) is 27.7 Å². The fourth-order valence-corrected chi connectivity index (χ4v) is 5.58. The molecule has 0 saturated carbocycles. The molecule has 0 spiro atoms. The molecule has 0 rings (SSSR count). The Morgan fingerprint density at radius 2 is 1.06 bits per heavy atom. The molecule has 3 unspecified atom stereocenters. The monoisotopic (exact) mass is 483 g/mol. The molecule has 0 aromatic rings. The molecule has 0 heterocycles. The maximum atomic E-state index is 6.13. The third-order valence-corrected chi connectivity index (χ3v) is 7.38. The lowest BCUT2D eigenvalue weighted by molar-refractivity contribution is -0.136. The highest BCUT2D eigenvalue weighted by Crippen LogP contribution is 2.22. The summed E-state index contributed by atoms with van der Waals surface area (Å²) in [4.78, 5) is 0. The van der Waals surface area contributed by atoms with Gasteiger partial charge in [-0.05, 0) is 84.6 Å². The van der Waals surface area contributed by atoms with Crippen molar-refractivity contribution in [3.63, 3.8) is 0 Å². The third-order valence-electron chi connectivity index (χ3n) is 4.75. The van der Waals surface area contributed by atoms with Crippen molar-refractivity contribution in [2.75, 3.05) is 64.2 Å². The molecule has 8 heteroatoms. The van der Waals surface area contributed by atoms with Crippen molar-refractivity contribution >= 4 is 17.2 Å². The maximum absolute atomic E-state index is 6.13. The summed E-state index contributed by atoms with van der Waals surface area (Å²) in [6.45, 7) is 12.4. The van der Waals surface area contributed by atoms with Crippen molar-refractivity contribution < 1.29 is 23.7 Å². The molecule has 6 nitrogen and oxygen atoms in total. The Labute approximate surface area is 196 Å². The lowest BCUT2D eigenvalue weighted by Gasteiger charge is -2.19. The van der Waals surface area contributed by atoms with E-state index in [1.165, 1.54) is 31.1 Å². The van der Waals surface area contributed by atoms with Gasteiger partial charge in [0.15, 0.2) is 12.6 Å². The van der Waals surface area contributed by atoms with Crippen LogP contribution < -0.4 is 5.73 Å². The number of nitrogens with two attached hydrogens (primary N) is 1. The van der Waals surface area contributed by atoms with Gasteiger partial charge in [0.2, 0.25) is 0 Å². The third kappa shape index (κ3) is 20.9. The van der Waals surface area contributed by atoms with Crippen molar-refractivity contribution in [3.05, 3.63) is 0 Å². The fourth-order valence-electron chi connectivity index (χ4n) is 3.23. The normalized spacial score (nSPS) is 13.6. The van der Waals surface area contributed by atoms with Crippen LogP contribution in [0.2, 0.25) is 0 Å². The number of rotatable bonds is 25. The van der Waals surface area contributed by atoms with E-state index >= 15 is 0 Å². The average molecular weight is 484 g/mol. The van der Waals surface area contributed by atoms with Gasteiger partial charge in [-0.25, -0.2) is 0 Å². The molecule has 0 aliphatic carbocycles. The quantitative estimate of drug-likeness (QED) is 0.114. The molecule has 31 heavy (non-hydrogen) atoms. The molecular weight excluding hydrogens is 432 g/mol. The summed E-state index contributed by atoms with van der Waals surface area (Å²) in [7, 11) is 1.92. The SMILES string of the molecule is CCOC(CCPCCCC(CCPCCC(OCC)OCC)OCCCN)OCC. The van der Waals surface area contributed by atoms with Crippen LogP contribution in [0, 0.1) is 0 Å². The molecule has 0 aromatic carbocycles. The minimum absolute atomic E-state index is 0.0270. The summed E-state index contributed by atoms with van der Waals surface area (Å²) in [5.41, 5.74) is 5.63. The van der Waals surface area contributed by atoms with E-state index in [4.69, 9.17) is 29.4 Å². The van der Waals surface area contributed by atoms with E-state index in [9.17, 15) is 0 Å². The Morgan fingerprint density at radius 1 is 0.581 bits per heavy atom. The first-order valence-electron chi connectivity index (χ1n) is 12.4. The van der Waals surface area contributed by atoms with Crippen molar-refractivity contribution in [1.29, 1.82) is 0 Å². The molecule has 2 N–H and O–H groups in total. The largest absolute Gasteiger partial charge is 0.378 e. The van der Waals surface area contributed by atoms with Gasteiger partial charge in [-0.1, -0.05) is 0 Å². The standard InChI is InChI=1S/C23H51NO5P2/c1-5-25-22(26-6-2)13-19-30-17-9-11-21(29-16-10-15-24)12-18-31-20-14-23(27-7-3)28-8-4/h21-23,30-31H,5-20,24H2,1-4H3. The van der Waals surface area contributed by atoms with Crippen LogP contribution in [-0.2, 0) is 23.7 Å². The van der Waals surface area contributed by atoms with E-state index < -0.39 is 0 Å². The number of ether oxygens (including phenoxy) is 5. The van der Waals surface area contributed by atoms with E-state index in [0.29, 0.717) is 39.1 Å². The second kappa shape index (κ2) is 25.2. The Bertz CT molecular complexity index is 344. The lowest BCUT2D eigenvalue weighted by Crippen LogP contribution is -2.19. The molecular formula is C23H51NO5P2. The average Bonchev–Trinajstić information content (AvgIpc) is 2.76. The van der Waals surface area contributed by atoms with Crippen molar-refractivity contribution in [3.8, 4) is 0 Å². The van der Waals surface area contributed by atoms with Crippen LogP contribution in [0.15, 0.2) is 0 Å². The van der Waals surface area contributed by atoms with Gasteiger partial charge in [0.25, 0.3) is 0 Å². The van der Waals surface area contributed by atoms with Crippen LogP contribution in [0.4, 0.5) is 0 Å². The Hall–Kier alpha value is 0.620. The van der Waals surface area contributed by atoms with Gasteiger partial charge in [0.05, 0.1) is 6.10 Å². The van der Waals surface area contributed by atoms with Crippen LogP contribution in [-0.4, -0.2) is 82.9 Å². The van der Waals surface area contributed by atoms with Gasteiger partial charge < -0.3 is 29.4 Å². The van der Waals surface area contributed by atoms with Gasteiger partial charge in [0, 0.05) is 45.9 Å². The van der Waals surface area contributed by atoms with Gasteiger partial charge >= 0.3 is 0 Å². The highest BCUT2D eigenvalue weighted by atomic mass is 31.1. The van der Waals surface area contributed by atoms with Crippen LogP contribution in [0.25, 0.3) is 0 Å². The summed E-state index contributed by atoms with van der Waals surface area (Å²) < 4.78 is 28.7. The summed E-state index contributed by atoms with van der Waals surface area (Å²) in [5.74, 6) is 0. The van der Waals surface area contributed by atoms with Gasteiger partial charge in [0.1, 0.15) is 0 Å². The van der Waals surface area contributed by atoms with E-state index in [2.05, 4.69) is 0 Å². The van der Waals surface area contributed by atoms with Crippen molar-refractivity contribution in [2.24, 2.45) is 5.73 Å². The molecule has 188 valence electrons. The minimum atomic E-state index is -0.0369. The molecule has 0 aliphatic rings. The first-order valence-corrected chi connectivity index (χ1v) is 15.2. The Morgan fingerprint density at radius 3 is 1.55 bits per heavy atom. The van der Waals surface area contributed by atoms with E-state index in [0.717, 1.165) is 55.9 Å². The Balaban J connectivity index is 3.99. The summed E-state index contributed by atoms with van der Waals surface area (Å²) in [5, 5.41) is 0. The zero-order chi connectivity index (χ0) is 23.0. The van der Waals surface area contributed by atoms with Gasteiger partial charge in [-0.3, -0.25) is 0 Å². The molecule has 0 aromatic heterocycles. The molecule has 0 aliphatic heterocycles. The highest BCUT2D eigenvalue weighted by molar-refractivity contribution is 7.38. The summed E-state index contributed by atoms with van der Waals surface area (Å²) in [6.07, 6.45) is 11.6. The highest BCUT2D eigenvalue weighted by Gasteiger charge is 2.11. The predicted molar refractivity (Wildman–Crippen MR) is 137 cm³/mol. The van der Waals surface area contributed by atoms with Crippen LogP contribution in [0.1, 0.15) is 66.2 Å². The van der Waals surface area contributed by atoms with Gasteiger partial charge in [-0.15, -0.1) is 17.2 Å². The molecule has 0 amide bonds. The summed E-state index contributed by atoms with van der Waals surface area (Å²) >= 11 is 0. The lowest BCUT2D eigenvalue weighted by atomic mass is 10.1. The van der Waals surface area contributed by atoms with Crippen LogP contribution in [0.5, 0.6) is 0 Å². The molecule has 3 atom stereocenters. The summed E-state index contributed by atoms with van der Waals surface area (Å²) in [6, 6.07) is 0. The topological polar surface area (TPSA) is 72.2 Å². The van der Waals surface area contributed by atoms with Crippen molar-refractivity contribution in [2.45, 2.75) is 84.9 Å². The van der Waals surface area contributed by atoms with E-state index in [1.54, 1.807) is 0 Å². The minimum Gasteiger partial charge on any atom is -0.378 e. The number of hydrogen-bond acceptors (Lipinski definition) is 6. The first kappa shape index (κ1) is 31.6. The zero-order valence-corrected chi connectivity index (χ0v) is 22.7. The Kier molecular flexibility index (Phi) is 25.8. The van der Waals surface area contributed by atoms with Crippen molar-refractivity contribution in [1.82, 2.24) is 0 Å². The van der Waals surface area contributed by atoms with Crippen LogP contribution in [0.3, 0.4) is 0 Å². The fraction of sp³-hybridized carbons (Fsp3) is 1.00. The predicted octanol–water partition coefficient (Wildman–Crippen LogP) is 4.83. The zero-order valence-electron chi connectivity index (χ0n) is 20.7. The first-order chi connectivity index (χ1) is 15.2. The molecule has 0 fully saturated rings. The maximum Gasteiger partial charge on any atom is 0.157 e. The van der Waals surface area contributed by atoms with Crippen LogP contribution >= 0.6 is 17.2 Å². The second-order valence-electron chi connectivity index (χ2n) is 7.32. The number of hydrogen-bond donors (Lipinski definition) is 1. The molecule has 0 saturated heterocycles. The second-order valence-corrected chi connectivity index (χ2v) is 10.3. The van der Waals surface area contributed by atoms with E-state index in [-0.39, 0.29) is 12.6 Å². The molecule has 0 bridgehead atoms.